The SMILES string of the molecule is CC(CC=O)CC(OC(=O)C(C)N(C)C(=O)OC(C)(C)C)C(C)(C)C. The first-order valence-electron chi connectivity index (χ1n) is 8.79. The molecule has 0 bridgehead atoms. The maximum absolute atomic E-state index is 12.5. The van der Waals surface area contributed by atoms with E-state index in [0.717, 1.165) is 6.29 Å². The minimum atomic E-state index is -0.763. The van der Waals surface area contributed by atoms with E-state index in [4.69, 9.17) is 9.47 Å². The van der Waals surface area contributed by atoms with Gasteiger partial charge in [0.15, 0.2) is 0 Å². The number of hydrogen-bond acceptors (Lipinski definition) is 5. The first kappa shape index (κ1) is 23.4. The summed E-state index contributed by atoms with van der Waals surface area (Å²) in [5.74, 6) is -0.361. The fraction of sp³-hybridized carbons (Fsp3) is 0.842. The third-order valence-corrected chi connectivity index (χ3v) is 3.94. The quantitative estimate of drug-likeness (QED) is 0.512. The lowest BCUT2D eigenvalue weighted by Crippen LogP contribution is -2.46. The van der Waals surface area contributed by atoms with Crippen LogP contribution in [0, 0.1) is 11.3 Å². The van der Waals surface area contributed by atoms with Crippen molar-refractivity contribution in [2.75, 3.05) is 7.05 Å². The van der Waals surface area contributed by atoms with Crippen LogP contribution in [0.1, 0.15) is 68.2 Å². The lowest BCUT2D eigenvalue weighted by molar-refractivity contribution is -0.161. The third-order valence-electron chi connectivity index (χ3n) is 3.94. The van der Waals surface area contributed by atoms with Crippen molar-refractivity contribution in [3.8, 4) is 0 Å². The normalized spacial score (nSPS) is 15.7. The number of carbonyl (C=O) groups is 3. The molecule has 0 N–H and O–H groups in total. The Morgan fingerprint density at radius 3 is 2.00 bits per heavy atom. The zero-order valence-electron chi connectivity index (χ0n) is 17.2. The van der Waals surface area contributed by atoms with Crippen molar-refractivity contribution >= 4 is 18.3 Å². The van der Waals surface area contributed by atoms with Gasteiger partial charge in [0.25, 0.3) is 0 Å². The van der Waals surface area contributed by atoms with Gasteiger partial charge in [0, 0.05) is 13.5 Å². The van der Waals surface area contributed by atoms with Crippen LogP contribution >= 0.6 is 0 Å². The van der Waals surface area contributed by atoms with Gasteiger partial charge in [-0.1, -0.05) is 27.7 Å². The number of aldehydes is 1. The van der Waals surface area contributed by atoms with E-state index >= 15 is 0 Å². The molecule has 0 saturated heterocycles. The van der Waals surface area contributed by atoms with Crippen molar-refractivity contribution in [3.63, 3.8) is 0 Å². The average Bonchev–Trinajstić information content (AvgIpc) is 2.42. The third kappa shape index (κ3) is 8.89. The largest absolute Gasteiger partial charge is 0.460 e. The molecule has 0 radical (unpaired) electrons. The molecule has 0 aliphatic heterocycles. The molecule has 0 rings (SSSR count). The molecule has 6 heteroatoms. The molecule has 25 heavy (non-hydrogen) atoms. The molecule has 1 amide bonds. The molecular weight excluding hydrogens is 322 g/mol. The van der Waals surface area contributed by atoms with E-state index < -0.39 is 23.7 Å². The fourth-order valence-corrected chi connectivity index (χ4v) is 2.09. The van der Waals surface area contributed by atoms with Crippen molar-refractivity contribution in [1.29, 1.82) is 0 Å². The Balaban J connectivity index is 4.98. The van der Waals surface area contributed by atoms with Gasteiger partial charge in [-0.15, -0.1) is 0 Å². The molecule has 0 aromatic carbocycles. The number of nitrogens with zero attached hydrogens (tertiary/aromatic N) is 1. The molecule has 3 atom stereocenters. The smallest absolute Gasteiger partial charge is 0.410 e. The molecule has 0 spiro atoms. The Hall–Kier alpha value is -1.59. The van der Waals surface area contributed by atoms with E-state index in [-0.39, 0.29) is 17.4 Å². The summed E-state index contributed by atoms with van der Waals surface area (Å²) in [5.41, 5.74) is -0.899. The van der Waals surface area contributed by atoms with E-state index in [0.29, 0.717) is 12.8 Å². The Labute approximate surface area is 152 Å². The highest BCUT2D eigenvalue weighted by Gasteiger charge is 2.34. The lowest BCUT2D eigenvalue weighted by Gasteiger charge is -2.34. The van der Waals surface area contributed by atoms with Crippen molar-refractivity contribution < 1.29 is 23.9 Å². The molecule has 146 valence electrons. The van der Waals surface area contributed by atoms with Crippen LogP contribution in [0.2, 0.25) is 0 Å². The number of likely N-dealkylation sites (N-methyl/N-ethyl adjacent to an activating group) is 1. The van der Waals surface area contributed by atoms with E-state index in [1.807, 2.05) is 27.7 Å². The number of hydrogen-bond donors (Lipinski definition) is 0. The summed E-state index contributed by atoms with van der Waals surface area (Å²) < 4.78 is 11.0. The Kier molecular flexibility index (Phi) is 8.62. The predicted molar refractivity (Wildman–Crippen MR) is 97.3 cm³/mol. The summed E-state index contributed by atoms with van der Waals surface area (Å²) in [7, 11) is 1.51. The molecule has 0 aliphatic rings. The molecule has 6 nitrogen and oxygen atoms in total. The molecule has 0 heterocycles. The van der Waals surface area contributed by atoms with Crippen molar-refractivity contribution in [2.24, 2.45) is 11.3 Å². The monoisotopic (exact) mass is 357 g/mol. The lowest BCUT2D eigenvalue weighted by atomic mass is 9.83. The molecular formula is C19H35NO5. The van der Waals surface area contributed by atoms with Gasteiger partial charge in [-0.05, 0) is 45.4 Å². The van der Waals surface area contributed by atoms with Crippen LogP contribution < -0.4 is 0 Å². The second-order valence-corrected chi connectivity index (χ2v) is 8.80. The van der Waals surface area contributed by atoms with Crippen LogP contribution in [0.15, 0.2) is 0 Å². The summed E-state index contributed by atoms with van der Waals surface area (Å²) in [5, 5.41) is 0. The molecule has 0 saturated carbocycles. The topological polar surface area (TPSA) is 72.9 Å². The average molecular weight is 357 g/mol. The van der Waals surface area contributed by atoms with Gasteiger partial charge >= 0.3 is 12.1 Å². The van der Waals surface area contributed by atoms with E-state index in [1.54, 1.807) is 27.7 Å². The number of rotatable bonds is 7. The number of amides is 1. The van der Waals surface area contributed by atoms with Crippen LogP contribution in [0.5, 0.6) is 0 Å². The van der Waals surface area contributed by atoms with E-state index in [2.05, 4.69) is 0 Å². The highest BCUT2D eigenvalue weighted by molar-refractivity contribution is 5.81. The summed E-state index contributed by atoms with van der Waals surface area (Å²) in [6.45, 7) is 14.8. The van der Waals surface area contributed by atoms with E-state index in [1.165, 1.54) is 11.9 Å². The summed E-state index contributed by atoms with van der Waals surface area (Å²) in [6.07, 6.45) is 0.988. The zero-order valence-corrected chi connectivity index (χ0v) is 17.2. The molecule has 0 aliphatic carbocycles. The minimum absolute atomic E-state index is 0.119. The van der Waals surface area contributed by atoms with Gasteiger partial charge in [-0.3, -0.25) is 4.90 Å². The van der Waals surface area contributed by atoms with Gasteiger partial charge in [-0.25, -0.2) is 9.59 Å². The minimum Gasteiger partial charge on any atom is -0.460 e. The van der Waals surface area contributed by atoms with Gasteiger partial charge in [0.05, 0.1) is 0 Å². The maximum atomic E-state index is 12.5. The molecule has 0 fully saturated rings. The number of esters is 1. The first-order chi connectivity index (χ1) is 11.2. The summed E-state index contributed by atoms with van der Waals surface area (Å²) in [4.78, 5) is 36.5. The number of carbonyl (C=O) groups excluding carboxylic acids is 3. The molecule has 0 aromatic heterocycles. The van der Waals surface area contributed by atoms with Gasteiger partial charge in [-0.2, -0.15) is 0 Å². The Morgan fingerprint density at radius 1 is 1.08 bits per heavy atom. The van der Waals surface area contributed by atoms with Gasteiger partial charge < -0.3 is 14.3 Å². The van der Waals surface area contributed by atoms with Crippen LogP contribution in [0.25, 0.3) is 0 Å². The maximum Gasteiger partial charge on any atom is 0.410 e. The fourth-order valence-electron chi connectivity index (χ4n) is 2.09. The molecule has 0 aromatic rings. The van der Waals surface area contributed by atoms with Gasteiger partial charge in [0.1, 0.15) is 24.0 Å². The van der Waals surface area contributed by atoms with Crippen LogP contribution in [0.4, 0.5) is 4.79 Å². The van der Waals surface area contributed by atoms with Crippen LogP contribution in [0.3, 0.4) is 0 Å². The zero-order chi connectivity index (χ0) is 20.0. The summed E-state index contributed by atoms with van der Waals surface area (Å²) in [6, 6.07) is -0.763. The van der Waals surface area contributed by atoms with Crippen LogP contribution in [-0.4, -0.2) is 48.0 Å². The number of ether oxygens (including phenoxy) is 2. The highest BCUT2D eigenvalue weighted by Crippen LogP contribution is 2.29. The van der Waals surface area contributed by atoms with Crippen molar-refractivity contribution in [1.82, 2.24) is 4.90 Å². The predicted octanol–water partition coefficient (Wildman–Crippen LogP) is 3.81. The Bertz CT molecular complexity index is 461. The van der Waals surface area contributed by atoms with E-state index in [9.17, 15) is 14.4 Å². The second-order valence-electron chi connectivity index (χ2n) is 8.80. The second kappa shape index (κ2) is 9.20. The standard InChI is InChI=1S/C19H35NO5/c1-13(10-11-21)12-15(18(3,4)5)24-16(22)14(2)20(9)17(23)25-19(6,7)8/h11,13-15H,10,12H2,1-9H3. The van der Waals surface area contributed by atoms with Crippen LogP contribution in [-0.2, 0) is 19.1 Å². The molecule has 3 unspecified atom stereocenters. The first-order valence-corrected chi connectivity index (χ1v) is 8.79. The highest BCUT2D eigenvalue weighted by atomic mass is 16.6. The van der Waals surface area contributed by atoms with Crippen molar-refractivity contribution in [3.05, 3.63) is 0 Å². The Morgan fingerprint density at radius 2 is 1.60 bits per heavy atom. The summed E-state index contributed by atoms with van der Waals surface area (Å²) >= 11 is 0. The van der Waals surface area contributed by atoms with Gasteiger partial charge in [0.2, 0.25) is 0 Å². The van der Waals surface area contributed by atoms with Crippen molar-refractivity contribution in [2.45, 2.75) is 86.0 Å².